The van der Waals surface area contributed by atoms with E-state index in [4.69, 9.17) is 27.9 Å². The van der Waals surface area contributed by atoms with Crippen LogP contribution in [0.25, 0.3) is 0 Å². The molecule has 0 radical (unpaired) electrons. The zero-order valence-corrected chi connectivity index (χ0v) is 10.8. The second-order valence-electron chi connectivity index (χ2n) is 3.58. The molecule has 0 saturated heterocycles. The molecule has 0 atom stereocenters. The van der Waals surface area contributed by atoms with Gasteiger partial charge in [-0.2, -0.15) is 0 Å². The summed E-state index contributed by atoms with van der Waals surface area (Å²) < 4.78 is 0. The fourth-order valence-electron chi connectivity index (χ4n) is 1.24. The van der Waals surface area contributed by atoms with Crippen molar-refractivity contribution in [2.45, 2.75) is 0 Å². The number of carbonyl (C=O) groups excluding carboxylic acids is 1. The number of rotatable bonds is 2. The van der Waals surface area contributed by atoms with Crippen LogP contribution in [0.1, 0.15) is 15.9 Å². The number of benzene rings is 2. The molecule has 4 nitrogen and oxygen atoms in total. The number of hydrogen-bond donors (Lipinski definition) is 3. The molecule has 0 heterocycles. The number of nitrogens with one attached hydrogen (secondary N) is 1. The highest BCUT2D eigenvalue weighted by Crippen LogP contribution is 2.18. The molecule has 0 aliphatic rings. The Kier molecular flexibility index (Phi) is 5.57. The van der Waals surface area contributed by atoms with Crippen molar-refractivity contribution >= 4 is 23.7 Å². The number of phenols is 1. The fourth-order valence-corrected chi connectivity index (χ4v) is 1.42. The van der Waals surface area contributed by atoms with Crippen LogP contribution in [0.5, 0.6) is 5.75 Å². The van der Waals surface area contributed by atoms with Crippen LogP contribution in [0.2, 0.25) is 5.02 Å². The molecule has 98 valence electrons. The van der Waals surface area contributed by atoms with E-state index >= 15 is 0 Å². The highest BCUT2D eigenvalue weighted by Gasteiger charge is 1.96. The predicted molar refractivity (Wildman–Crippen MR) is 76.0 cm³/mol. The Labute approximate surface area is 116 Å². The van der Waals surface area contributed by atoms with Crippen LogP contribution in [-0.4, -0.2) is 17.2 Å². The molecule has 0 spiro atoms. The molecule has 5 heteroatoms. The van der Waals surface area contributed by atoms with Crippen LogP contribution in [0.3, 0.4) is 0 Å². The van der Waals surface area contributed by atoms with E-state index in [0.29, 0.717) is 16.1 Å². The lowest BCUT2D eigenvalue weighted by Crippen LogP contribution is -2.09. The number of carbonyl (C=O) groups is 1. The van der Waals surface area contributed by atoms with Crippen molar-refractivity contribution in [1.82, 2.24) is 0 Å². The maximum Gasteiger partial charge on any atom is 0.248 e. The Morgan fingerprint density at radius 3 is 2.26 bits per heavy atom. The molecular weight excluding hydrogens is 264 g/mol. The van der Waals surface area contributed by atoms with Crippen molar-refractivity contribution in [3.63, 3.8) is 0 Å². The third-order valence-electron chi connectivity index (χ3n) is 2.20. The summed E-state index contributed by atoms with van der Waals surface area (Å²) in [6.45, 7) is 0. The van der Waals surface area contributed by atoms with E-state index in [-0.39, 0.29) is 11.7 Å². The van der Waals surface area contributed by atoms with Gasteiger partial charge in [-0.05, 0) is 30.3 Å². The number of amides is 1. The number of halogens is 1. The normalized spacial score (nSPS) is 9.11. The Bertz CT molecular complexity index is 571. The first-order valence-electron chi connectivity index (χ1n) is 5.38. The van der Waals surface area contributed by atoms with Gasteiger partial charge in [0.25, 0.3) is 0 Å². The lowest BCUT2D eigenvalue weighted by Gasteiger charge is -1.96. The zero-order chi connectivity index (χ0) is 14.3. The Morgan fingerprint density at radius 1 is 1.21 bits per heavy atom. The van der Waals surface area contributed by atoms with Gasteiger partial charge >= 0.3 is 0 Å². The molecule has 2 aromatic rings. The van der Waals surface area contributed by atoms with Crippen LogP contribution in [0.4, 0.5) is 0 Å². The van der Waals surface area contributed by atoms with Gasteiger partial charge in [0.2, 0.25) is 5.91 Å². The fraction of sp³-hybridized carbons (Fsp3) is 0. The first-order chi connectivity index (χ1) is 9.04. The Balaban J connectivity index is 0.000000191. The summed E-state index contributed by atoms with van der Waals surface area (Å²) in [5.41, 5.74) is 5.97. The summed E-state index contributed by atoms with van der Waals surface area (Å²) in [6, 6.07) is 13.3. The van der Waals surface area contributed by atoms with Gasteiger partial charge in [0.15, 0.2) is 0 Å². The van der Waals surface area contributed by atoms with Gasteiger partial charge < -0.3 is 16.2 Å². The minimum atomic E-state index is -0.379. The van der Waals surface area contributed by atoms with E-state index in [1.54, 1.807) is 30.3 Å². The molecule has 0 aliphatic carbocycles. The molecule has 0 fully saturated rings. The molecule has 0 bridgehead atoms. The molecule has 4 N–H and O–H groups in total. The molecule has 19 heavy (non-hydrogen) atoms. The van der Waals surface area contributed by atoms with E-state index in [2.05, 4.69) is 0 Å². The van der Waals surface area contributed by atoms with E-state index in [1.807, 2.05) is 6.07 Å². The second-order valence-corrected chi connectivity index (χ2v) is 4.01. The van der Waals surface area contributed by atoms with Gasteiger partial charge in [-0.1, -0.05) is 29.8 Å². The summed E-state index contributed by atoms with van der Waals surface area (Å²) in [6.07, 6.45) is 1.06. The van der Waals surface area contributed by atoms with Gasteiger partial charge in [-0.3, -0.25) is 4.79 Å². The van der Waals surface area contributed by atoms with E-state index in [9.17, 15) is 4.79 Å². The van der Waals surface area contributed by atoms with Gasteiger partial charge in [0.05, 0.1) is 0 Å². The van der Waals surface area contributed by atoms with Crippen LogP contribution in [0.15, 0.2) is 48.5 Å². The summed E-state index contributed by atoms with van der Waals surface area (Å²) >= 11 is 5.58. The summed E-state index contributed by atoms with van der Waals surface area (Å²) in [4.78, 5) is 10.4. The maximum atomic E-state index is 10.4. The molecule has 0 aliphatic heterocycles. The van der Waals surface area contributed by atoms with Crippen molar-refractivity contribution in [3.05, 3.63) is 64.7 Å². The third kappa shape index (κ3) is 4.81. The second kappa shape index (κ2) is 7.18. The van der Waals surface area contributed by atoms with Crippen LogP contribution < -0.4 is 5.73 Å². The standard InChI is InChI=1S/C7H6ClNO.C7H7NO/c8-6-1-2-7(10)5(3-6)4-9;8-7(9)6-4-2-1-3-5-6/h1-4,9-10H;1-5H,(H2,8,9). The van der Waals surface area contributed by atoms with Crippen molar-refractivity contribution in [1.29, 1.82) is 5.41 Å². The first kappa shape index (κ1) is 14.7. The number of nitrogens with two attached hydrogens (primary N) is 1. The Morgan fingerprint density at radius 2 is 1.84 bits per heavy atom. The molecular formula is C14H13ClN2O2. The average Bonchev–Trinajstić information content (AvgIpc) is 2.43. The minimum absolute atomic E-state index is 0.0828. The van der Waals surface area contributed by atoms with Gasteiger partial charge in [0.1, 0.15) is 5.75 Å². The summed E-state index contributed by atoms with van der Waals surface area (Å²) in [7, 11) is 0. The number of phenolic OH excluding ortho intramolecular Hbond substituents is 1. The van der Waals surface area contributed by atoms with E-state index in [0.717, 1.165) is 6.21 Å². The molecule has 0 aromatic heterocycles. The first-order valence-corrected chi connectivity index (χ1v) is 5.76. The molecule has 0 saturated carbocycles. The largest absolute Gasteiger partial charge is 0.507 e. The average molecular weight is 277 g/mol. The number of hydrogen-bond acceptors (Lipinski definition) is 3. The summed E-state index contributed by atoms with van der Waals surface area (Å²) in [5, 5.41) is 16.4. The molecule has 0 unspecified atom stereocenters. The van der Waals surface area contributed by atoms with Crippen molar-refractivity contribution in [2.24, 2.45) is 5.73 Å². The van der Waals surface area contributed by atoms with Crippen LogP contribution in [-0.2, 0) is 0 Å². The van der Waals surface area contributed by atoms with Gasteiger partial charge in [-0.15, -0.1) is 0 Å². The van der Waals surface area contributed by atoms with Gasteiger partial charge in [0, 0.05) is 22.4 Å². The highest BCUT2D eigenvalue weighted by atomic mass is 35.5. The monoisotopic (exact) mass is 276 g/mol. The van der Waals surface area contributed by atoms with Crippen LogP contribution >= 0.6 is 11.6 Å². The van der Waals surface area contributed by atoms with Crippen molar-refractivity contribution in [3.8, 4) is 5.75 Å². The lowest BCUT2D eigenvalue weighted by atomic mass is 10.2. The SMILES string of the molecule is N=Cc1cc(Cl)ccc1O.NC(=O)c1ccccc1. The molecule has 2 aromatic carbocycles. The number of aromatic hydroxyl groups is 1. The van der Waals surface area contributed by atoms with E-state index in [1.165, 1.54) is 12.1 Å². The molecule has 1 amide bonds. The Hall–Kier alpha value is -2.33. The van der Waals surface area contributed by atoms with Crippen molar-refractivity contribution in [2.75, 3.05) is 0 Å². The zero-order valence-electron chi connectivity index (χ0n) is 10.0. The van der Waals surface area contributed by atoms with Gasteiger partial charge in [-0.25, -0.2) is 0 Å². The van der Waals surface area contributed by atoms with E-state index < -0.39 is 0 Å². The lowest BCUT2D eigenvalue weighted by molar-refractivity contribution is 0.100. The molecule has 2 rings (SSSR count). The van der Waals surface area contributed by atoms with Crippen molar-refractivity contribution < 1.29 is 9.90 Å². The number of primary amides is 1. The predicted octanol–water partition coefficient (Wildman–Crippen LogP) is 2.83. The van der Waals surface area contributed by atoms with Crippen LogP contribution in [0, 0.1) is 5.41 Å². The quantitative estimate of drug-likeness (QED) is 0.737. The third-order valence-corrected chi connectivity index (χ3v) is 2.44. The smallest absolute Gasteiger partial charge is 0.248 e. The highest BCUT2D eigenvalue weighted by molar-refractivity contribution is 6.30. The maximum absolute atomic E-state index is 10.4. The minimum Gasteiger partial charge on any atom is -0.507 e. The topological polar surface area (TPSA) is 87.2 Å². The summed E-state index contributed by atoms with van der Waals surface area (Å²) in [5.74, 6) is -0.296.